The molecule has 29 heavy (non-hydrogen) atoms. The molecule has 0 aliphatic carbocycles. The van der Waals surface area contributed by atoms with E-state index in [-0.39, 0.29) is 6.03 Å². The predicted molar refractivity (Wildman–Crippen MR) is 119 cm³/mol. The first-order valence-corrected chi connectivity index (χ1v) is 10.8. The van der Waals surface area contributed by atoms with Crippen molar-refractivity contribution in [2.24, 2.45) is 0 Å². The van der Waals surface area contributed by atoms with Gasteiger partial charge in [0.15, 0.2) is 5.82 Å². The van der Waals surface area contributed by atoms with Crippen molar-refractivity contribution in [3.05, 3.63) is 59.5 Å². The van der Waals surface area contributed by atoms with E-state index >= 15 is 0 Å². The third-order valence-electron chi connectivity index (χ3n) is 5.14. The topological polar surface area (TPSA) is 61.4 Å². The Morgan fingerprint density at radius 1 is 1.00 bits per heavy atom. The molecule has 0 unspecified atom stereocenters. The van der Waals surface area contributed by atoms with Gasteiger partial charge in [0.25, 0.3) is 0 Å². The van der Waals surface area contributed by atoms with Crippen molar-refractivity contribution < 1.29 is 4.79 Å². The van der Waals surface area contributed by atoms with Crippen LogP contribution in [0, 0.1) is 0 Å². The molecule has 2 amide bonds. The van der Waals surface area contributed by atoms with E-state index in [4.69, 9.17) is 0 Å². The fraction of sp³-hybridized carbons (Fsp3) is 0.318. The van der Waals surface area contributed by atoms with Gasteiger partial charge in [0.2, 0.25) is 0 Å². The highest BCUT2D eigenvalue weighted by Crippen LogP contribution is 2.23. The summed E-state index contributed by atoms with van der Waals surface area (Å²) >= 11 is 1.66. The molecule has 1 aromatic carbocycles. The van der Waals surface area contributed by atoms with Crippen LogP contribution in [0.1, 0.15) is 25.3 Å². The van der Waals surface area contributed by atoms with Crippen LogP contribution in [0.25, 0.3) is 10.6 Å². The average Bonchev–Trinajstić information content (AvgIpc) is 3.29. The normalized spacial score (nSPS) is 14.3. The summed E-state index contributed by atoms with van der Waals surface area (Å²) in [7, 11) is 0. The number of aromatic nitrogens is 2. The fourth-order valence-electron chi connectivity index (χ4n) is 3.34. The molecule has 1 N–H and O–H groups in total. The highest BCUT2D eigenvalue weighted by Gasteiger charge is 2.22. The van der Waals surface area contributed by atoms with Crippen LogP contribution in [0.15, 0.2) is 53.9 Å². The molecule has 3 heterocycles. The Morgan fingerprint density at radius 3 is 2.34 bits per heavy atom. The number of carbonyl (C=O) groups is 1. The molecule has 6 nitrogen and oxygen atoms in total. The van der Waals surface area contributed by atoms with Gasteiger partial charge in [-0.05, 0) is 47.2 Å². The third kappa shape index (κ3) is 4.56. The smallest absolute Gasteiger partial charge is 0.321 e. The summed E-state index contributed by atoms with van der Waals surface area (Å²) in [5, 5.41) is 13.8. The molecule has 0 atom stereocenters. The monoisotopic (exact) mass is 407 g/mol. The number of benzene rings is 1. The maximum atomic E-state index is 12.6. The Morgan fingerprint density at radius 2 is 1.76 bits per heavy atom. The molecular weight excluding hydrogens is 382 g/mol. The highest BCUT2D eigenvalue weighted by molar-refractivity contribution is 7.13. The number of nitrogens with zero attached hydrogens (tertiary/aromatic N) is 4. The molecule has 0 bridgehead atoms. The van der Waals surface area contributed by atoms with Crippen LogP contribution in [-0.4, -0.2) is 47.3 Å². The number of rotatable bonds is 4. The van der Waals surface area contributed by atoms with Crippen molar-refractivity contribution in [3.63, 3.8) is 0 Å². The average molecular weight is 408 g/mol. The molecule has 1 saturated heterocycles. The van der Waals surface area contributed by atoms with Gasteiger partial charge in [-0.15, -0.1) is 21.5 Å². The highest BCUT2D eigenvalue weighted by atomic mass is 32.1. The van der Waals surface area contributed by atoms with Crippen LogP contribution in [0.5, 0.6) is 0 Å². The lowest BCUT2D eigenvalue weighted by Crippen LogP contribution is -2.50. The zero-order valence-electron chi connectivity index (χ0n) is 16.7. The van der Waals surface area contributed by atoms with Crippen LogP contribution in [0.2, 0.25) is 0 Å². The summed E-state index contributed by atoms with van der Waals surface area (Å²) in [6, 6.07) is 16.1. The quantitative estimate of drug-likeness (QED) is 0.682. The summed E-state index contributed by atoms with van der Waals surface area (Å²) in [5.74, 6) is 1.34. The molecule has 1 aliphatic rings. The van der Waals surface area contributed by atoms with E-state index in [0.717, 1.165) is 35.2 Å². The minimum Gasteiger partial charge on any atom is -0.352 e. The number of hydrogen-bond acceptors (Lipinski definition) is 5. The molecule has 3 aromatic rings. The lowest BCUT2D eigenvalue weighted by molar-refractivity contribution is 0.208. The number of urea groups is 1. The molecule has 7 heteroatoms. The summed E-state index contributed by atoms with van der Waals surface area (Å²) < 4.78 is 0. The maximum absolute atomic E-state index is 12.6. The van der Waals surface area contributed by atoms with E-state index in [9.17, 15) is 4.79 Å². The third-order valence-corrected chi connectivity index (χ3v) is 6.04. The Labute approximate surface area is 175 Å². The van der Waals surface area contributed by atoms with E-state index in [1.54, 1.807) is 11.3 Å². The largest absolute Gasteiger partial charge is 0.352 e. The van der Waals surface area contributed by atoms with Gasteiger partial charge in [-0.2, -0.15) is 0 Å². The van der Waals surface area contributed by atoms with Crippen molar-refractivity contribution >= 4 is 28.9 Å². The number of carbonyl (C=O) groups excluding carboxylic acids is 1. The Hall–Kier alpha value is -2.93. The Bertz CT molecular complexity index is 930. The van der Waals surface area contributed by atoms with Crippen molar-refractivity contribution in [2.45, 2.75) is 19.8 Å². The summed E-state index contributed by atoms with van der Waals surface area (Å²) in [6.07, 6.45) is 0. The van der Waals surface area contributed by atoms with Crippen LogP contribution in [-0.2, 0) is 0 Å². The van der Waals surface area contributed by atoms with Gasteiger partial charge >= 0.3 is 6.03 Å². The first-order chi connectivity index (χ1) is 14.1. The molecule has 0 radical (unpaired) electrons. The summed E-state index contributed by atoms with van der Waals surface area (Å²) in [5.41, 5.74) is 2.99. The maximum Gasteiger partial charge on any atom is 0.321 e. The summed E-state index contributed by atoms with van der Waals surface area (Å²) in [4.78, 5) is 17.7. The number of nitrogens with one attached hydrogen (secondary N) is 1. The van der Waals surface area contributed by atoms with Crippen LogP contribution in [0.4, 0.5) is 16.3 Å². The van der Waals surface area contributed by atoms with Gasteiger partial charge in [-0.1, -0.05) is 32.0 Å². The van der Waals surface area contributed by atoms with Crippen LogP contribution >= 0.6 is 11.3 Å². The van der Waals surface area contributed by atoms with Gasteiger partial charge < -0.3 is 15.1 Å². The standard InChI is InChI=1S/C22H25N5OS/c1-16(2)17-5-7-18(8-6-17)23-22(28)27-13-11-26(12-14-27)21-10-9-19(24-25-21)20-4-3-15-29-20/h3-10,15-16H,11-14H2,1-2H3,(H,23,28). The number of thiophene rings is 1. The minimum absolute atomic E-state index is 0.0546. The van der Waals surface area contributed by atoms with E-state index in [1.165, 1.54) is 5.56 Å². The lowest BCUT2D eigenvalue weighted by atomic mass is 10.0. The van der Waals surface area contributed by atoms with Gasteiger partial charge in [-0.3, -0.25) is 0 Å². The Kier molecular flexibility index (Phi) is 5.76. The van der Waals surface area contributed by atoms with E-state index < -0.39 is 0 Å². The predicted octanol–water partition coefficient (Wildman–Crippen LogP) is 4.68. The van der Waals surface area contributed by atoms with Crippen molar-refractivity contribution in [1.82, 2.24) is 15.1 Å². The van der Waals surface area contributed by atoms with Gasteiger partial charge in [0.1, 0.15) is 5.69 Å². The first-order valence-electron chi connectivity index (χ1n) is 9.88. The molecule has 4 rings (SSSR count). The van der Waals surface area contributed by atoms with Gasteiger partial charge in [0, 0.05) is 31.9 Å². The second kappa shape index (κ2) is 8.61. The fourth-order valence-corrected chi connectivity index (χ4v) is 4.03. The lowest BCUT2D eigenvalue weighted by Gasteiger charge is -2.35. The number of amides is 2. The summed E-state index contributed by atoms with van der Waals surface area (Å²) in [6.45, 7) is 7.12. The zero-order chi connectivity index (χ0) is 20.2. The van der Waals surface area contributed by atoms with E-state index in [1.807, 2.05) is 46.7 Å². The second-order valence-corrected chi connectivity index (χ2v) is 8.38. The molecule has 150 valence electrons. The first kappa shape index (κ1) is 19.4. The van der Waals surface area contributed by atoms with Gasteiger partial charge in [0.05, 0.1) is 4.88 Å². The van der Waals surface area contributed by atoms with Crippen molar-refractivity contribution in [3.8, 4) is 10.6 Å². The molecule has 0 saturated carbocycles. The van der Waals surface area contributed by atoms with E-state index in [2.05, 4.69) is 46.4 Å². The van der Waals surface area contributed by atoms with Crippen molar-refractivity contribution in [1.29, 1.82) is 0 Å². The number of piperazine rings is 1. The number of hydrogen-bond donors (Lipinski definition) is 1. The van der Waals surface area contributed by atoms with Crippen molar-refractivity contribution in [2.75, 3.05) is 36.4 Å². The molecule has 0 spiro atoms. The van der Waals surface area contributed by atoms with Gasteiger partial charge in [-0.25, -0.2) is 4.79 Å². The minimum atomic E-state index is -0.0546. The zero-order valence-corrected chi connectivity index (χ0v) is 17.5. The second-order valence-electron chi connectivity index (χ2n) is 7.44. The molecule has 1 fully saturated rings. The molecular formula is C22H25N5OS. The van der Waals surface area contributed by atoms with Crippen LogP contribution in [0.3, 0.4) is 0 Å². The van der Waals surface area contributed by atoms with E-state index in [0.29, 0.717) is 19.0 Å². The molecule has 1 aliphatic heterocycles. The molecule has 2 aromatic heterocycles. The SMILES string of the molecule is CC(C)c1ccc(NC(=O)N2CCN(c3ccc(-c4cccs4)nn3)CC2)cc1. The van der Waals surface area contributed by atoms with Crippen LogP contribution < -0.4 is 10.2 Å². The number of anilines is 2. The Balaban J connectivity index is 1.31.